The van der Waals surface area contributed by atoms with E-state index in [1.54, 1.807) is 0 Å². The van der Waals surface area contributed by atoms with Crippen molar-refractivity contribution >= 4 is 5.78 Å². The Bertz CT molecular complexity index is 312. The summed E-state index contributed by atoms with van der Waals surface area (Å²) in [6.07, 6.45) is 5.74. The van der Waals surface area contributed by atoms with Gasteiger partial charge in [0.15, 0.2) is 0 Å². The summed E-state index contributed by atoms with van der Waals surface area (Å²) in [6, 6.07) is 0.654. The van der Waals surface area contributed by atoms with Crippen LogP contribution in [0.1, 0.15) is 59.8 Å². The number of rotatable bonds is 3. The van der Waals surface area contributed by atoms with Gasteiger partial charge in [0.1, 0.15) is 5.78 Å². The first-order valence-electron chi connectivity index (χ1n) is 8.25. The maximum absolute atomic E-state index is 12.2. The minimum absolute atomic E-state index is 0.314. The number of carbonyl (C=O) groups excluding carboxylic acids is 1. The van der Waals surface area contributed by atoms with Crippen molar-refractivity contribution in [3.05, 3.63) is 0 Å². The van der Waals surface area contributed by atoms with Crippen LogP contribution >= 0.6 is 0 Å². The standard InChI is InChI=1S/C17H31NO/c1-12(2)15-7-8-17(19)16(10-15)11-18-9-5-6-13(3)14(18)4/h12-16H,5-11H2,1-4H3. The summed E-state index contributed by atoms with van der Waals surface area (Å²) in [5.41, 5.74) is 0. The molecule has 4 atom stereocenters. The van der Waals surface area contributed by atoms with Crippen molar-refractivity contribution in [2.75, 3.05) is 13.1 Å². The first-order chi connectivity index (χ1) is 8.99. The Kier molecular flexibility index (Phi) is 5.05. The van der Waals surface area contributed by atoms with Gasteiger partial charge in [-0.1, -0.05) is 20.8 Å². The molecule has 1 saturated carbocycles. The van der Waals surface area contributed by atoms with E-state index in [0.29, 0.717) is 17.7 Å². The van der Waals surface area contributed by atoms with Crippen LogP contribution in [0.5, 0.6) is 0 Å². The third kappa shape index (κ3) is 3.59. The fourth-order valence-corrected chi connectivity index (χ4v) is 3.89. The molecule has 0 aromatic carbocycles. The molecule has 2 nitrogen and oxygen atoms in total. The van der Waals surface area contributed by atoms with Gasteiger partial charge < -0.3 is 0 Å². The van der Waals surface area contributed by atoms with Crippen LogP contribution < -0.4 is 0 Å². The van der Waals surface area contributed by atoms with Crippen molar-refractivity contribution < 1.29 is 4.79 Å². The SMILES string of the molecule is CC(C)C1CCC(=O)C(CN2CCCC(C)C2C)C1. The summed E-state index contributed by atoms with van der Waals surface area (Å²) >= 11 is 0. The maximum Gasteiger partial charge on any atom is 0.137 e. The quantitative estimate of drug-likeness (QED) is 0.774. The van der Waals surface area contributed by atoms with E-state index in [1.165, 1.54) is 19.4 Å². The van der Waals surface area contributed by atoms with Crippen molar-refractivity contribution in [2.24, 2.45) is 23.7 Å². The van der Waals surface area contributed by atoms with Gasteiger partial charge >= 0.3 is 0 Å². The molecule has 4 unspecified atom stereocenters. The van der Waals surface area contributed by atoms with Crippen LogP contribution in [0, 0.1) is 23.7 Å². The van der Waals surface area contributed by atoms with Crippen molar-refractivity contribution in [3.8, 4) is 0 Å². The van der Waals surface area contributed by atoms with Crippen LogP contribution in [-0.4, -0.2) is 29.8 Å². The third-order valence-corrected chi connectivity index (χ3v) is 5.71. The number of carbonyl (C=O) groups is 1. The Morgan fingerprint density at radius 3 is 2.68 bits per heavy atom. The molecular weight excluding hydrogens is 234 g/mol. The van der Waals surface area contributed by atoms with Gasteiger partial charge in [-0.15, -0.1) is 0 Å². The lowest BCUT2D eigenvalue weighted by atomic mass is 9.75. The molecule has 0 N–H and O–H groups in total. The minimum atomic E-state index is 0.314. The van der Waals surface area contributed by atoms with Gasteiger partial charge in [0.05, 0.1) is 0 Å². The maximum atomic E-state index is 12.2. The van der Waals surface area contributed by atoms with Crippen LogP contribution in [0.2, 0.25) is 0 Å². The van der Waals surface area contributed by atoms with Crippen LogP contribution in [0.4, 0.5) is 0 Å². The van der Waals surface area contributed by atoms with Gasteiger partial charge in [-0.2, -0.15) is 0 Å². The van der Waals surface area contributed by atoms with Crippen LogP contribution in [0.15, 0.2) is 0 Å². The number of ketones is 1. The fraction of sp³-hybridized carbons (Fsp3) is 0.941. The smallest absolute Gasteiger partial charge is 0.137 e. The Hall–Kier alpha value is -0.370. The number of nitrogens with zero attached hydrogens (tertiary/aromatic N) is 1. The fourth-order valence-electron chi connectivity index (χ4n) is 3.89. The molecule has 2 fully saturated rings. The molecular formula is C17H31NO. The van der Waals surface area contributed by atoms with Crippen molar-refractivity contribution in [1.29, 1.82) is 0 Å². The highest BCUT2D eigenvalue weighted by Crippen LogP contribution is 2.33. The van der Waals surface area contributed by atoms with Gasteiger partial charge in [-0.25, -0.2) is 0 Å². The molecule has 0 amide bonds. The lowest BCUT2D eigenvalue weighted by Gasteiger charge is -2.41. The summed E-state index contributed by atoms with van der Waals surface area (Å²) in [5, 5.41) is 0. The molecule has 2 aliphatic rings. The zero-order valence-electron chi connectivity index (χ0n) is 13.2. The van der Waals surface area contributed by atoms with Crippen LogP contribution in [0.25, 0.3) is 0 Å². The Morgan fingerprint density at radius 1 is 1.26 bits per heavy atom. The highest BCUT2D eigenvalue weighted by molar-refractivity contribution is 5.82. The zero-order valence-corrected chi connectivity index (χ0v) is 13.2. The Morgan fingerprint density at radius 2 is 2.00 bits per heavy atom. The van der Waals surface area contributed by atoms with E-state index in [1.807, 2.05) is 0 Å². The number of Topliss-reactive ketones (excluding diaryl/α,β-unsaturated/α-hetero) is 1. The average molecular weight is 265 g/mol. The molecule has 0 aromatic heterocycles. The van der Waals surface area contributed by atoms with E-state index < -0.39 is 0 Å². The molecule has 110 valence electrons. The summed E-state index contributed by atoms with van der Waals surface area (Å²) < 4.78 is 0. The normalized spacial score (nSPS) is 37.8. The van der Waals surface area contributed by atoms with Crippen molar-refractivity contribution in [2.45, 2.75) is 65.8 Å². The molecule has 1 heterocycles. The van der Waals surface area contributed by atoms with E-state index in [2.05, 4.69) is 32.6 Å². The number of piperidine rings is 1. The van der Waals surface area contributed by atoms with Gasteiger partial charge in [-0.05, 0) is 56.9 Å². The Labute approximate surface area is 118 Å². The first-order valence-corrected chi connectivity index (χ1v) is 8.25. The second kappa shape index (κ2) is 6.39. The summed E-state index contributed by atoms with van der Waals surface area (Å²) in [6.45, 7) is 11.5. The average Bonchev–Trinajstić information content (AvgIpc) is 2.37. The minimum Gasteiger partial charge on any atom is -0.300 e. The largest absolute Gasteiger partial charge is 0.300 e. The van der Waals surface area contributed by atoms with E-state index in [-0.39, 0.29) is 0 Å². The predicted molar refractivity (Wildman–Crippen MR) is 80.1 cm³/mol. The second-order valence-electron chi connectivity index (χ2n) is 7.30. The number of hydrogen-bond donors (Lipinski definition) is 0. The highest BCUT2D eigenvalue weighted by atomic mass is 16.1. The molecule has 1 saturated heterocycles. The lowest BCUT2D eigenvalue weighted by molar-refractivity contribution is -0.127. The van der Waals surface area contributed by atoms with E-state index in [0.717, 1.165) is 43.6 Å². The number of likely N-dealkylation sites (tertiary alicyclic amines) is 1. The van der Waals surface area contributed by atoms with E-state index in [9.17, 15) is 4.79 Å². The summed E-state index contributed by atoms with van der Waals surface area (Å²) in [5.74, 6) is 3.12. The molecule has 0 spiro atoms. The number of hydrogen-bond acceptors (Lipinski definition) is 2. The van der Waals surface area contributed by atoms with Crippen molar-refractivity contribution in [3.63, 3.8) is 0 Å². The van der Waals surface area contributed by atoms with Crippen LogP contribution in [0.3, 0.4) is 0 Å². The monoisotopic (exact) mass is 265 g/mol. The molecule has 2 heteroatoms. The topological polar surface area (TPSA) is 20.3 Å². The summed E-state index contributed by atoms with van der Waals surface area (Å²) in [4.78, 5) is 14.8. The molecule has 2 rings (SSSR count). The first kappa shape index (κ1) is 15.0. The zero-order chi connectivity index (χ0) is 14.0. The summed E-state index contributed by atoms with van der Waals surface area (Å²) in [7, 11) is 0. The molecule has 0 aromatic rings. The van der Waals surface area contributed by atoms with Crippen LogP contribution in [-0.2, 0) is 4.79 Å². The van der Waals surface area contributed by atoms with Gasteiger partial charge in [-0.3, -0.25) is 9.69 Å². The van der Waals surface area contributed by atoms with Gasteiger partial charge in [0, 0.05) is 24.9 Å². The van der Waals surface area contributed by atoms with Gasteiger partial charge in [0.25, 0.3) is 0 Å². The molecule has 0 radical (unpaired) electrons. The molecule has 0 bridgehead atoms. The van der Waals surface area contributed by atoms with E-state index in [4.69, 9.17) is 0 Å². The third-order valence-electron chi connectivity index (χ3n) is 5.71. The predicted octanol–water partition coefficient (Wildman–Crippen LogP) is 3.75. The second-order valence-corrected chi connectivity index (χ2v) is 7.30. The van der Waals surface area contributed by atoms with Crippen molar-refractivity contribution in [1.82, 2.24) is 4.90 Å². The van der Waals surface area contributed by atoms with Gasteiger partial charge in [0.2, 0.25) is 0 Å². The lowest BCUT2D eigenvalue weighted by Crippen LogP contribution is -2.47. The Balaban J connectivity index is 1.94. The highest BCUT2D eigenvalue weighted by Gasteiger charge is 2.33. The van der Waals surface area contributed by atoms with E-state index >= 15 is 0 Å². The molecule has 1 aliphatic heterocycles. The molecule has 1 aliphatic carbocycles. The molecule has 19 heavy (non-hydrogen) atoms.